The van der Waals surface area contributed by atoms with Crippen LogP contribution in [0.2, 0.25) is 0 Å². The number of hydrogen-bond donors (Lipinski definition) is 1. The van der Waals surface area contributed by atoms with E-state index in [0.717, 1.165) is 15.4 Å². The summed E-state index contributed by atoms with van der Waals surface area (Å²) in [5.41, 5.74) is 5.55. The fraction of sp³-hybridized carbons (Fsp3) is 0.0833. The molecule has 1 aromatic heterocycles. The SMILES string of the molecule is Nc1cc(C(=O)OCc2sccc2Br)ccc1F. The molecule has 0 bridgehead atoms. The largest absolute Gasteiger partial charge is 0.456 e. The van der Waals surface area contributed by atoms with Crippen molar-refractivity contribution in [1.82, 2.24) is 0 Å². The van der Waals surface area contributed by atoms with E-state index < -0.39 is 11.8 Å². The second-order valence-corrected chi connectivity index (χ2v) is 5.36. The van der Waals surface area contributed by atoms with E-state index >= 15 is 0 Å². The second kappa shape index (κ2) is 5.49. The summed E-state index contributed by atoms with van der Waals surface area (Å²) in [5.74, 6) is -1.07. The number of hydrogen-bond acceptors (Lipinski definition) is 4. The van der Waals surface area contributed by atoms with Gasteiger partial charge in [0.25, 0.3) is 0 Å². The number of nitrogen functional groups attached to an aromatic ring is 1. The van der Waals surface area contributed by atoms with Gasteiger partial charge in [-0.3, -0.25) is 0 Å². The highest BCUT2D eigenvalue weighted by Crippen LogP contribution is 2.23. The highest BCUT2D eigenvalue weighted by Gasteiger charge is 2.11. The van der Waals surface area contributed by atoms with Crippen molar-refractivity contribution >= 4 is 38.9 Å². The number of thiophene rings is 1. The van der Waals surface area contributed by atoms with Gasteiger partial charge in [0.05, 0.1) is 16.1 Å². The van der Waals surface area contributed by atoms with Crippen LogP contribution in [0, 0.1) is 5.82 Å². The maximum atomic E-state index is 12.9. The molecule has 0 aliphatic carbocycles. The minimum atomic E-state index is -0.549. The molecule has 0 radical (unpaired) electrons. The minimum Gasteiger partial charge on any atom is -0.456 e. The number of anilines is 1. The Hall–Kier alpha value is -1.40. The first-order chi connectivity index (χ1) is 8.58. The van der Waals surface area contributed by atoms with Crippen molar-refractivity contribution in [2.75, 3.05) is 5.73 Å². The lowest BCUT2D eigenvalue weighted by Gasteiger charge is -2.05. The van der Waals surface area contributed by atoms with Crippen molar-refractivity contribution in [2.45, 2.75) is 6.61 Å². The van der Waals surface area contributed by atoms with E-state index in [9.17, 15) is 9.18 Å². The van der Waals surface area contributed by atoms with Gasteiger partial charge in [0.2, 0.25) is 0 Å². The van der Waals surface area contributed by atoms with Gasteiger partial charge in [0.1, 0.15) is 12.4 Å². The lowest BCUT2D eigenvalue weighted by Crippen LogP contribution is -2.06. The van der Waals surface area contributed by atoms with Gasteiger partial charge in [-0.25, -0.2) is 9.18 Å². The van der Waals surface area contributed by atoms with E-state index in [1.807, 2.05) is 11.4 Å². The summed E-state index contributed by atoms with van der Waals surface area (Å²) >= 11 is 4.83. The van der Waals surface area contributed by atoms with Crippen LogP contribution >= 0.6 is 27.3 Å². The van der Waals surface area contributed by atoms with Gasteiger partial charge >= 0.3 is 5.97 Å². The van der Waals surface area contributed by atoms with Gasteiger partial charge in [-0.1, -0.05) is 0 Å². The summed E-state index contributed by atoms with van der Waals surface area (Å²) in [7, 11) is 0. The molecule has 0 amide bonds. The quantitative estimate of drug-likeness (QED) is 0.691. The second-order valence-electron chi connectivity index (χ2n) is 3.50. The molecule has 0 fully saturated rings. The Balaban J connectivity index is 2.04. The molecule has 0 saturated heterocycles. The van der Waals surface area contributed by atoms with Gasteiger partial charge in [-0.2, -0.15) is 0 Å². The molecule has 2 aromatic rings. The van der Waals surface area contributed by atoms with E-state index in [0.29, 0.717) is 0 Å². The Morgan fingerprint density at radius 2 is 2.22 bits per heavy atom. The molecule has 2 rings (SSSR count). The van der Waals surface area contributed by atoms with Gasteiger partial charge < -0.3 is 10.5 Å². The van der Waals surface area contributed by atoms with Crippen molar-refractivity contribution in [3.63, 3.8) is 0 Å². The number of rotatable bonds is 3. The molecule has 0 aliphatic rings. The van der Waals surface area contributed by atoms with Crippen molar-refractivity contribution in [3.05, 3.63) is 50.4 Å². The molecule has 3 nitrogen and oxygen atoms in total. The fourth-order valence-corrected chi connectivity index (χ4v) is 2.69. The normalized spacial score (nSPS) is 10.3. The smallest absolute Gasteiger partial charge is 0.338 e. The molecule has 0 aliphatic heterocycles. The number of esters is 1. The van der Waals surface area contributed by atoms with E-state index in [4.69, 9.17) is 10.5 Å². The molecule has 6 heteroatoms. The highest BCUT2D eigenvalue weighted by molar-refractivity contribution is 9.10. The third-order valence-corrected chi connectivity index (χ3v) is 4.16. The van der Waals surface area contributed by atoms with Crippen LogP contribution in [0.1, 0.15) is 15.2 Å². The predicted molar refractivity (Wildman–Crippen MR) is 72.0 cm³/mol. The van der Waals surface area contributed by atoms with Gasteiger partial charge in [0, 0.05) is 4.47 Å². The number of carbonyl (C=O) groups excluding carboxylic acids is 1. The molecule has 1 aromatic carbocycles. The predicted octanol–water partition coefficient (Wildman–Crippen LogP) is 3.59. The Bertz CT molecular complexity index is 585. The number of ether oxygens (including phenoxy) is 1. The molecule has 0 spiro atoms. The number of carbonyl (C=O) groups is 1. The topological polar surface area (TPSA) is 52.3 Å². The van der Waals surface area contributed by atoms with E-state index in [1.165, 1.54) is 23.5 Å². The lowest BCUT2D eigenvalue weighted by molar-refractivity contribution is 0.0476. The number of halogens is 2. The molecular formula is C12H9BrFNO2S. The van der Waals surface area contributed by atoms with Crippen molar-refractivity contribution in [1.29, 1.82) is 0 Å². The zero-order valence-corrected chi connectivity index (χ0v) is 11.6. The van der Waals surface area contributed by atoms with Gasteiger partial charge in [-0.05, 0) is 45.6 Å². The monoisotopic (exact) mass is 329 g/mol. The standard InChI is InChI=1S/C12H9BrFNO2S/c13-8-3-4-18-11(8)6-17-12(16)7-1-2-9(14)10(15)5-7/h1-5H,6,15H2. The zero-order valence-electron chi connectivity index (χ0n) is 9.15. The molecule has 94 valence electrons. The molecule has 0 atom stereocenters. The zero-order chi connectivity index (χ0) is 13.1. The average molecular weight is 330 g/mol. The molecule has 0 saturated carbocycles. The van der Waals surface area contributed by atoms with Crippen LogP contribution in [0.4, 0.5) is 10.1 Å². The summed E-state index contributed by atoms with van der Waals surface area (Å²) in [6, 6.07) is 5.63. The Morgan fingerprint density at radius 3 is 2.83 bits per heavy atom. The number of nitrogens with two attached hydrogens (primary N) is 1. The Kier molecular flexibility index (Phi) is 3.98. The van der Waals surface area contributed by atoms with Crippen LogP contribution < -0.4 is 5.73 Å². The van der Waals surface area contributed by atoms with Crippen molar-refractivity contribution < 1.29 is 13.9 Å². The average Bonchev–Trinajstić information content (AvgIpc) is 2.75. The summed E-state index contributed by atoms with van der Waals surface area (Å²) in [6.45, 7) is 0.175. The van der Waals surface area contributed by atoms with Crippen LogP contribution in [0.15, 0.2) is 34.1 Å². The summed E-state index contributed by atoms with van der Waals surface area (Å²) in [6.07, 6.45) is 0. The number of benzene rings is 1. The highest BCUT2D eigenvalue weighted by atomic mass is 79.9. The first kappa shape index (κ1) is 13.0. The van der Waals surface area contributed by atoms with Crippen molar-refractivity contribution in [2.24, 2.45) is 0 Å². The van der Waals surface area contributed by atoms with E-state index in [-0.39, 0.29) is 17.9 Å². The maximum absolute atomic E-state index is 12.9. The maximum Gasteiger partial charge on any atom is 0.338 e. The molecule has 18 heavy (non-hydrogen) atoms. The third kappa shape index (κ3) is 2.88. The lowest BCUT2D eigenvalue weighted by atomic mass is 10.2. The Morgan fingerprint density at radius 1 is 1.44 bits per heavy atom. The minimum absolute atomic E-state index is 0.0678. The summed E-state index contributed by atoms with van der Waals surface area (Å²) < 4.78 is 19.0. The van der Waals surface area contributed by atoms with Crippen LogP contribution in [-0.2, 0) is 11.3 Å². The fourth-order valence-electron chi connectivity index (χ4n) is 1.31. The van der Waals surface area contributed by atoms with Crippen LogP contribution in [0.25, 0.3) is 0 Å². The first-order valence-corrected chi connectivity index (χ1v) is 6.69. The molecular weight excluding hydrogens is 321 g/mol. The van der Waals surface area contributed by atoms with Gasteiger partial charge in [-0.15, -0.1) is 11.3 Å². The van der Waals surface area contributed by atoms with Crippen LogP contribution in [0.3, 0.4) is 0 Å². The molecule has 0 unspecified atom stereocenters. The van der Waals surface area contributed by atoms with Gasteiger partial charge in [0.15, 0.2) is 0 Å². The van der Waals surface area contributed by atoms with Crippen LogP contribution in [-0.4, -0.2) is 5.97 Å². The summed E-state index contributed by atoms with van der Waals surface area (Å²) in [5, 5.41) is 1.89. The summed E-state index contributed by atoms with van der Waals surface area (Å²) in [4.78, 5) is 12.6. The van der Waals surface area contributed by atoms with E-state index in [1.54, 1.807) is 0 Å². The molecule has 1 heterocycles. The molecule has 2 N–H and O–H groups in total. The third-order valence-electron chi connectivity index (χ3n) is 2.26. The van der Waals surface area contributed by atoms with Crippen molar-refractivity contribution in [3.8, 4) is 0 Å². The Labute approximate surface area is 116 Å². The van der Waals surface area contributed by atoms with Crippen LogP contribution in [0.5, 0.6) is 0 Å². The first-order valence-electron chi connectivity index (χ1n) is 5.02. The van der Waals surface area contributed by atoms with E-state index in [2.05, 4.69) is 15.9 Å².